The second kappa shape index (κ2) is 14.4. The van der Waals surface area contributed by atoms with Crippen LogP contribution in [0.15, 0.2) is 212 Å². The molecule has 0 radical (unpaired) electrons. The molecule has 2 aromatic heterocycles. The Labute approximate surface area is 335 Å². The summed E-state index contributed by atoms with van der Waals surface area (Å²) in [6.07, 6.45) is 2.00. The maximum absolute atomic E-state index is 6.84. The van der Waals surface area contributed by atoms with Gasteiger partial charge in [-0.1, -0.05) is 158 Å². The van der Waals surface area contributed by atoms with E-state index in [1.54, 1.807) is 11.3 Å². The third-order valence-corrected chi connectivity index (χ3v) is 12.0. The van der Waals surface area contributed by atoms with Gasteiger partial charge in [-0.3, -0.25) is 0 Å². The topological polar surface area (TPSA) is 43.3 Å². The number of aliphatic imine (C=N–C) groups is 1. The zero-order chi connectivity index (χ0) is 38.3. The molecule has 8 aromatic carbocycles. The monoisotopic (exact) mass is 747 g/mol. The molecular weight excluding hydrogens is 711 g/mol. The quantitative estimate of drug-likeness (QED) is 0.155. The Morgan fingerprint density at radius 2 is 1.19 bits per heavy atom. The van der Waals surface area contributed by atoms with Crippen LogP contribution in [0.2, 0.25) is 0 Å². The number of para-hydroxylation sites is 2. The summed E-state index contributed by atoms with van der Waals surface area (Å²) in [5, 5.41) is 4.89. The van der Waals surface area contributed by atoms with Gasteiger partial charge in [0.2, 0.25) is 0 Å². The second-order valence-corrected chi connectivity index (χ2v) is 15.3. The van der Waals surface area contributed by atoms with Crippen LogP contribution in [0.25, 0.3) is 81.3 Å². The molecule has 0 saturated carbocycles. The van der Waals surface area contributed by atoms with Gasteiger partial charge in [-0.15, -0.1) is 11.3 Å². The van der Waals surface area contributed by atoms with E-state index >= 15 is 0 Å². The molecule has 2 N–H and O–H groups in total. The molecule has 0 aliphatic rings. The molecule has 0 saturated heterocycles. The van der Waals surface area contributed by atoms with Crippen molar-refractivity contribution in [2.45, 2.75) is 0 Å². The van der Waals surface area contributed by atoms with Crippen molar-refractivity contribution in [1.82, 2.24) is 4.57 Å². The van der Waals surface area contributed by atoms with Gasteiger partial charge >= 0.3 is 0 Å². The van der Waals surface area contributed by atoms with Gasteiger partial charge in [-0.25, -0.2) is 4.99 Å². The lowest BCUT2D eigenvalue weighted by Crippen LogP contribution is -2.04. The summed E-state index contributed by atoms with van der Waals surface area (Å²) in [4.78, 5) is 5.28. The van der Waals surface area contributed by atoms with Crippen molar-refractivity contribution in [1.29, 1.82) is 0 Å². The first-order valence-corrected chi connectivity index (χ1v) is 19.9. The predicted molar refractivity (Wildman–Crippen MR) is 245 cm³/mol. The average Bonchev–Trinajstić information content (AvgIpc) is 3.83. The summed E-state index contributed by atoms with van der Waals surface area (Å²) < 4.78 is 4.74. The molecular formula is C53H37N3S. The van der Waals surface area contributed by atoms with Crippen LogP contribution in [-0.4, -0.2) is 10.3 Å². The zero-order valence-electron chi connectivity index (χ0n) is 31.1. The third-order valence-electron chi connectivity index (χ3n) is 10.8. The predicted octanol–water partition coefficient (Wildman–Crippen LogP) is 13.9. The van der Waals surface area contributed by atoms with Crippen molar-refractivity contribution >= 4 is 70.4 Å². The van der Waals surface area contributed by atoms with Crippen molar-refractivity contribution < 1.29 is 0 Å². The first-order valence-electron chi connectivity index (χ1n) is 19.1. The highest BCUT2D eigenvalue weighted by Gasteiger charge is 2.18. The Hall–Kier alpha value is -7.27. The summed E-state index contributed by atoms with van der Waals surface area (Å²) in [5.41, 5.74) is 20.0. The van der Waals surface area contributed by atoms with E-state index in [4.69, 9.17) is 10.7 Å². The number of allylic oxidation sites excluding steroid dienone is 1. The van der Waals surface area contributed by atoms with Crippen LogP contribution in [0.5, 0.6) is 0 Å². The fourth-order valence-corrected chi connectivity index (χ4v) is 9.29. The molecule has 270 valence electrons. The molecule has 0 amide bonds. The molecule has 0 aliphatic heterocycles. The molecule has 0 atom stereocenters. The number of nitrogens with two attached hydrogens (primary N) is 1. The van der Waals surface area contributed by atoms with E-state index in [1.807, 2.05) is 42.5 Å². The van der Waals surface area contributed by atoms with Gasteiger partial charge in [-0.2, -0.15) is 0 Å². The van der Waals surface area contributed by atoms with Gasteiger partial charge in [0.25, 0.3) is 0 Å². The summed E-state index contributed by atoms with van der Waals surface area (Å²) >= 11 is 1.79. The minimum atomic E-state index is 0.641. The summed E-state index contributed by atoms with van der Waals surface area (Å²) in [6, 6.07) is 68.3. The van der Waals surface area contributed by atoms with Crippen molar-refractivity contribution in [3.05, 3.63) is 223 Å². The van der Waals surface area contributed by atoms with E-state index in [0.717, 1.165) is 43.9 Å². The lowest BCUT2D eigenvalue weighted by Gasteiger charge is -2.10. The lowest BCUT2D eigenvalue weighted by molar-refractivity contribution is 1.18. The summed E-state index contributed by atoms with van der Waals surface area (Å²) in [6.45, 7) is 4.49. The van der Waals surface area contributed by atoms with E-state index in [0.29, 0.717) is 11.4 Å². The normalized spacial score (nSPS) is 12.2. The molecule has 3 nitrogen and oxygen atoms in total. The summed E-state index contributed by atoms with van der Waals surface area (Å²) in [5.74, 6) is 0. The van der Waals surface area contributed by atoms with Crippen LogP contribution < -0.4 is 5.73 Å². The van der Waals surface area contributed by atoms with Crippen molar-refractivity contribution in [2.75, 3.05) is 0 Å². The van der Waals surface area contributed by atoms with Gasteiger partial charge in [0.05, 0.1) is 22.4 Å². The SMILES string of the molecule is C=C(/N=C(\C=C(/N)c1ccccc1)c1cccc2c1sc1cccc(-c3ccc4c(c3)c3ccccc3n4-c3ccccc3)c12)c1cccc(-c2ccccc2)c1. The average molecular weight is 748 g/mol. The number of hydrogen-bond acceptors (Lipinski definition) is 3. The molecule has 0 bridgehead atoms. The van der Waals surface area contributed by atoms with Crippen LogP contribution in [0.3, 0.4) is 0 Å². The van der Waals surface area contributed by atoms with E-state index in [-0.39, 0.29) is 0 Å². The molecule has 0 aliphatic carbocycles. The highest BCUT2D eigenvalue weighted by molar-refractivity contribution is 7.26. The van der Waals surface area contributed by atoms with Crippen molar-refractivity contribution in [2.24, 2.45) is 10.7 Å². The number of rotatable bonds is 8. The van der Waals surface area contributed by atoms with Crippen LogP contribution in [0, 0.1) is 0 Å². The van der Waals surface area contributed by atoms with Gasteiger partial charge in [-0.05, 0) is 76.4 Å². The Morgan fingerprint density at radius 1 is 0.544 bits per heavy atom. The number of aromatic nitrogens is 1. The zero-order valence-corrected chi connectivity index (χ0v) is 32.0. The molecule has 10 aromatic rings. The van der Waals surface area contributed by atoms with E-state index < -0.39 is 0 Å². The number of fused-ring (bicyclic) bond motifs is 6. The van der Waals surface area contributed by atoms with Gasteiger partial charge < -0.3 is 10.3 Å². The first-order chi connectivity index (χ1) is 28.1. The van der Waals surface area contributed by atoms with Crippen LogP contribution in [-0.2, 0) is 0 Å². The first kappa shape index (κ1) is 34.2. The maximum atomic E-state index is 6.84. The molecule has 2 heterocycles. The fraction of sp³-hybridized carbons (Fsp3) is 0. The Kier molecular flexibility index (Phi) is 8.66. The number of hydrogen-bond donors (Lipinski definition) is 1. The molecule has 0 fully saturated rings. The maximum Gasteiger partial charge on any atom is 0.0744 e. The van der Waals surface area contributed by atoms with Crippen molar-refractivity contribution in [3.8, 4) is 27.9 Å². The Morgan fingerprint density at radius 3 is 2.02 bits per heavy atom. The number of thiophene rings is 1. The highest BCUT2D eigenvalue weighted by atomic mass is 32.1. The Balaban J connectivity index is 1.13. The van der Waals surface area contributed by atoms with Crippen molar-refractivity contribution in [3.63, 3.8) is 0 Å². The fourth-order valence-electron chi connectivity index (χ4n) is 8.04. The smallest absolute Gasteiger partial charge is 0.0744 e. The molecule has 0 unspecified atom stereocenters. The molecule has 57 heavy (non-hydrogen) atoms. The van der Waals surface area contributed by atoms with E-state index in [2.05, 4.69) is 169 Å². The Bertz CT molecular complexity index is 3190. The number of nitrogens with zero attached hydrogens (tertiary/aromatic N) is 2. The van der Waals surface area contributed by atoms with Crippen LogP contribution >= 0.6 is 11.3 Å². The lowest BCUT2D eigenvalue weighted by atomic mass is 9.96. The van der Waals surface area contributed by atoms with Crippen LogP contribution in [0.4, 0.5) is 0 Å². The molecule has 4 heteroatoms. The van der Waals surface area contributed by atoms with Gasteiger partial charge in [0, 0.05) is 53.5 Å². The van der Waals surface area contributed by atoms with E-state index in [1.165, 1.54) is 48.4 Å². The number of benzene rings is 8. The molecule has 10 rings (SSSR count). The van der Waals surface area contributed by atoms with Gasteiger partial charge in [0.15, 0.2) is 0 Å². The minimum absolute atomic E-state index is 0.641. The summed E-state index contributed by atoms with van der Waals surface area (Å²) in [7, 11) is 0. The van der Waals surface area contributed by atoms with E-state index in [9.17, 15) is 0 Å². The van der Waals surface area contributed by atoms with Gasteiger partial charge in [0.1, 0.15) is 0 Å². The molecule has 0 spiro atoms. The van der Waals surface area contributed by atoms with Crippen LogP contribution in [0.1, 0.15) is 16.7 Å². The third kappa shape index (κ3) is 6.23. The largest absolute Gasteiger partial charge is 0.398 e. The minimum Gasteiger partial charge on any atom is -0.398 e. The standard InChI is InChI=1S/C53H37N3S/c1-35(38-20-13-21-39(32-38)36-16-5-2-6-17-36)55-48(34-47(54)37-18-7-3-8-19-37)44-26-14-27-45-52-42(25-15-29-51(52)57-53(44)45)40-30-31-50-46(33-40)43-24-11-12-28-49(43)56(50)41-22-9-4-10-23-41/h2-34H,1,54H2/b47-34-,55-48+. The second-order valence-electron chi connectivity index (χ2n) is 14.2. The highest BCUT2D eigenvalue weighted by Crippen LogP contribution is 2.43.